The van der Waals surface area contributed by atoms with Crippen LogP contribution >= 0.6 is 0 Å². The summed E-state index contributed by atoms with van der Waals surface area (Å²) >= 11 is 0. The minimum atomic E-state index is -0.134. The van der Waals surface area contributed by atoms with Gasteiger partial charge in [0.05, 0.1) is 13.7 Å². The monoisotopic (exact) mass is 371 g/mol. The first-order valence-electron chi connectivity index (χ1n) is 9.72. The smallest absolute Gasteiger partial charge is 0.272 e. The van der Waals surface area contributed by atoms with E-state index in [9.17, 15) is 4.79 Å². The molecule has 0 aliphatic heterocycles. The van der Waals surface area contributed by atoms with E-state index in [4.69, 9.17) is 9.47 Å². The molecule has 3 rings (SSSR count). The van der Waals surface area contributed by atoms with Gasteiger partial charge >= 0.3 is 0 Å². The van der Waals surface area contributed by atoms with Crippen molar-refractivity contribution in [2.45, 2.75) is 52.5 Å². The molecule has 2 aromatic rings. The van der Waals surface area contributed by atoms with E-state index in [1.165, 1.54) is 0 Å². The topological polar surface area (TPSA) is 76.2 Å². The number of rotatable bonds is 8. The van der Waals surface area contributed by atoms with Gasteiger partial charge in [0.1, 0.15) is 0 Å². The Morgan fingerprint density at radius 3 is 2.85 bits per heavy atom. The minimum Gasteiger partial charge on any atom is -0.493 e. The number of carbonyl (C=O) groups is 1. The molecule has 146 valence electrons. The lowest BCUT2D eigenvalue weighted by atomic mass is 9.96. The lowest BCUT2D eigenvalue weighted by Gasteiger charge is -2.14. The minimum absolute atomic E-state index is 0.134. The number of nitrogens with zero attached hydrogens (tertiary/aromatic N) is 1. The Labute approximate surface area is 160 Å². The van der Waals surface area contributed by atoms with Crippen LogP contribution in [-0.2, 0) is 19.4 Å². The number of aromatic amines is 1. The van der Waals surface area contributed by atoms with Crippen molar-refractivity contribution in [2.75, 3.05) is 13.7 Å². The van der Waals surface area contributed by atoms with Gasteiger partial charge in [-0.25, -0.2) is 0 Å². The number of methoxy groups -OCH3 is 1. The molecule has 0 saturated heterocycles. The van der Waals surface area contributed by atoms with Crippen LogP contribution in [0.15, 0.2) is 18.2 Å². The Kier molecular flexibility index (Phi) is 6.37. The van der Waals surface area contributed by atoms with Gasteiger partial charge in [0, 0.05) is 17.8 Å². The highest BCUT2D eigenvalue weighted by atomic mass is 16.5. The maximum Gasteiger partial charge on any atom is 0.272 e. The third-order valence-corrected chi connectivity index (χ3v) is 4.91. The Balaban J connectivity index is 1.60. The highest BCUT2D eigenvalue weighted by Gasteiger charge is 2.21. The average molecular weight is 371 g/mol. The highest BCUT2D eigenvalue weighted by Crippen LogP contribution is 2.28. The molecule has 1 aliphatic rings. The second kappa shape index (κ2) is 8.93. The zero-order valence-electron chi connectivity index (χ0n) is 16.4. The normalized spacial score (nSPS) is 13.3. The number of H-pyrrole nitrogens is 1. The first-order chi connectivity index (χ1) is 13.1. The molecule has 27 heavy (non-hydrogen) atoms. The number of carbonyl (C=O) groups excluding carboxylic acids is 1. The van der Waals surface area contributed by atoms with E-state index in [-0.39, 0.29) is 5.91 Å². The van der Waals surface area contributed by atoms with Gasteiger partial charge in [-0.1, -0.05) is 19.9 Å². The van der Waals surface area contributed by atoms with E-state index in [0.717, 1.165) is 54.7 Å². The lowest BCUT2D eigenvalue weighted by Crippen LogP contribution is -2.24. The Morgan fingerprint density at radius 1 is 1.26 bits per heavy atom. The van der Waals surface area contributed by atoms with Crippen LogP contribution in [-0.4, -0.2) is 29.8 Å². The summed E-state index contributed by atoms with van der Waals surface area (Å²) in [5.74, 6) is 1.88. The lowest BCUT2D eigenvalue weighted by molar-refractivity contribution is 0.0944. The molecule has 0 spiro atoms. The fourth-order valence-electron chi connectivity index (χ4n) is 3.28. The van der Waals surface area contributed by atoms with Gasteiger partial charge < -0.3 is 14.8 Å². The van der Waals surface area contributed by atoms with Crippen molar-refractivity contribution in [1.82, 2.24) is 15.5 Å². The van der Waals surface area contributed by atoms with E-state index in [0.29, 0.717) is 30.5 Å². The molecule has 1 amide bonds. The van der Waals surface area contributed by atoms with Crippen LogP contribution in [0.1, 0.15) is 60.4 Å². The molecule has 0 saturated carbocycles. The number of aryl methyl sites for hydroxylation is 1. The number of hydrogen-bond acceptors (Lipinski definition) is 4. The molecule has 0 radical (unpaired) electrons. The Hall–Kier alpha value is -2.50. The summed E-state index contributed by atoms with van der Waals surface area (Å²) in [5.41, 5.74) is 3.67. The third kappa shape index (κ3) is 4.81. The summed E-state index contributed by atoms with van der Waals surface area (Å²) < 4.78 is 11.3. The first-order valence-corrected chi connectivity index (χ1v) is 9.72. The maximum atomic E-state index is 12.5. The molecule has 6 nitrogen and oxygen atoms in total. The second-order valence-electron chi connectivity index (χ2n) is 7.44. The number of fused-ring (bicyclic) bond motifs is 1. The summed E-state index contributed by atoms with van der Waals surface area (Å²) in [7, 11) is 1.63. The van der Waals surface area contributed by atoms with Crippen LogP contribution in [0, 0.1) is 5.92 Å². The molecular weight excluding hydrogens is 342 g/mol. The third-order valence-electron chi connectivity index (χ3n) is 4.91. The van der Waals surface area contributed by atoms with Crippen LogP contribution in [0.5, 0.6) is 11.5 Å². The first kappa shape index (κ1) is 19.3. The summed E-state index contributed by atoms with van der Waals surface area (Å²) in [5, 5.41) is 10.2. The largest absolute Gasteiger partial charge is 0.493 e. The van der Waals surface area contributed by atoms with Crippen LogP contribution in [0.25, 0.3) is 0 Å². The summed E-state index contributed by atoms with van der Waals surface area (Å²) in [4.78, 5) is 12.5. The molecule has 6 heteroatoms. The molecule has 0 fully saturated rings. The quantitative estimate of drug-likeness (QED) is 0.743. The van der Waals surface area contributed by atoms with E-state index in [1.807, 2.05) is 18.2 Å². The van der Waals surface area contributed by atoms with Crippen LogP contribution < -0.4 is 14.8 Å². The van der Waals surface area contributed by atoms with Crippen molar-refractivity contribution >= 4 is 5.91 Å². The van der Waals surface area contributed by atoms with E-state index >= 15 is 0 Å². The number of aromatic nitrogens is 2. The number of amides is 1. The molecule has 1 aliphatic carbocycles. The predicted molar refractivity (Wildman–Crippen MR) is 104 cm³/mol. The summed E-state index contributed by atoms with van der Waals surface area (Å²) in [6, 6.07) is 5.76. The van der Waals surface area contributed by atoms with Gasteiger partial charge in [-0.15, -0.1) is 0 Å². The average Bonchev–Trinajstić information content (AvgIpc) is 3.10. The highest BCUT2D eigenvalue weighted by molar-refractivity contribution is 5.94. The standard InChI is InChI=1S/C21H29N3O3/c1-14(2)10-11-27-18-9-8-15(12-19(18)26-3)13-22-21(25)20-16-6-4-5-7-17(16)23-24-20/h8-9,12,14H,4-7,10-11,13H2,1-3H3,(H,22,25)(H,23,24). The fourth-order valence-corrected chi connectivity index (χ4v) is 3.28. The van der Waals surface area contributed by atoms with Gasteiger partial charge in [-0.05, 0) is 55.7 Å². The fraction of sp³-hybridized carbons (Fsp3) is 0.524. The zero-order valence-corrected chi connectivity index (χ0v) is 16.4. The van der Waals surface area contributed by atoms with Crippen molar-refractivity contribution in [3.8, 4) is 11.5 Å². The Morgan fingerprint density at radius 2 is 2.07 bits per heavy atom. The van der Waals surface area contributed by atoms with Crippen molar-refractivity contribution in [2.24, 2.45) is 5.92 Å². The van der Waals surface area contributed by atoms with Crippen molar-refractivity contribution in [3.63, 3.8) is 0 Å². The van der Waals surface area contributed by atoms with Gasteiger partial charge in [0.25, 0.3) is 5.91 Å². The van der Waals surface area contributed by atoms with Gasteiger partial charge in [-0.3, -0.25) is 9.89 Å². The van der Waals surface area contributed by atoms with E-state index in [2.05, 4.69) is 29.4 Å². The van der Waals surface area contributed by atoms with Crippen LogP contribution in [0.4, 0.5) is 0 Å². The number of nitrogens with one attached hydrogen (secondary N) is 2. The number of ether oxygens (including phenoxy) is 2. The Bertz CT molecular complexity index is 783. The van der Waals surface area contributed by atoms with Crippen molar-refractivity contribution < 1.29 is 14.3 Å². The summed E-state index contributed by atoms with van der Waals surface area (Å²) in [6.45, 7) is 5.42. The molecular formula is C21H29N3O3. The van der Waals surface area contributed by atoms with Crippen molar-refractivity contribution in [1.29, 1.82) is 0 Å². The van der Waals surface area contributed by atoms with E-state index in [1.54, 1.807) is 7.11 Å². The second-order valence-corrected chi connectivity index (χ2v) is 7.44. The number of benzene rings is 1. The maximum absolute atomic E-state index is 12.5. The molecule has 2 N–H and O–H groups in total. The van der Waals surface area contributed by atoms with Crippen LogP contribution in [0.3, 0.4) is 0 Å². The van der Waals surface area contributed by atoms with Crippen LogP contribution in [0.2, 0.25) is 0 Å². The van der Waals surface area contributed by atoms with Gasteiger partial charge in [0.15, 0.2) is 17.2 Å². The summed E-state index contributed by atoms with van der Waals surface area (Å²) in [6.07, 6.45) is 5.16. The molecule has 1 heterocycles. The molecule has 1 aromatic carbocycles. The SMILES string of the molecule is COc1cc(CNC(=O)c2n[nH]c3c2CCCC3)ccc1OCCC(C)C. The molecule has 0 atom stereocenters. The van der Waals surface area contributed by atoms with E-state index < -0.39 is 0 Å². The zero-order chi connectivity index (χ0) is 19.2. The predicted octanol–water partition coefficient (Wildman–Crippen LogP) is 3.65. The molecule has 0 bridgehead atoms. The number of hydrogen-bond donors (Lipinski definition) is 2. The van der Waals surface area contributed by atoms with Gasteiger partial charge in [0.2, 0.25) is 0 Å². The molecule has 1 aromatic heterocycles. The van der Waals surface area contributed by atoms with Crippen molar-refractivity contribution in [3.05, 3.63) is 40.7 Å². The molecule has 0 unspecified atom stereocenters. The van der Waals surface area contributed by atoms with Gasteiger partial charge in [-0.2, -0.15) is 5.10 Å².